The van der Waals surface area contributed by atoms with Crippen LogP contribution in [0, 0.1) is 6.92 Å². The van der Waals surface area contributed by atoms with Gasteiger partial charge in [0.15, 0.2) is 0 Å². The van der Waals surface area contributed by atoms with Crippen LogP contribution in [0.3, 0.4) is 0 Å². The van der Waals surface area contributed by atoms with Crippen LogP contribution in [0.2, 0.25) is 0 Å². The number of urea groups is 1. The highest BCUT2D eigenvalue weighted by Crippen LogP contribution is 2.29. The van der Waals surface area contributed by atoms with Gasteiger partial charge in [0.05, 0.1) is 19.6 Å². The highest BCUT2D eigenvalue weighted by molar-refractivity contribution is 6.19. The number of ether oxygens (including phenoxy) is 1. The molecule has 3 heterocycles. The maximum atomic E-state index is 12.9. The molecule has 2 aliphatic heterocycles. The molecule has 25 heavy (non-hydrogen) atoms. The van der Waals surface area contributed by atoms with Gasteiger partial charge in [0.1, 0.15) is 11.9 Å². The molecule has 134 valence electrons. The molecule has 1 unspecified atom stereocenters. The number of amidine groups is 1. The van der Waals surface area contributed by atoms with Gasteiger partial charge in [0.25, 0.3) is 5.91 Å². The average Bonchev–Trinajstić information content (AvgIpc) is 3.07. The summed E-state index contributed by atoms with van der Waals surface area (Å²) in [6, 6.07) is -1.15. The molecule has 0 bridgehead atoms. The normalized spacial score (nSPS) is 19.0. The SMILES string of the molecule is CCOC(=O)CCN1C(=O)C2C(=Nc3n(CC)c(C)c[n+]32)N(C)C1=O. The van der Waals surface area contributed by atoms with E-state index in [1.807, 2.05) is 24.6 Å². The number of imidazole rings is 1. The number of likely N-dealkylation sites (N-methyl/N-ethyl adjacent to an activating group) is 1. The fraction of sp³-hybridized carbons (Fsp3) is 0.562. The van der Waals surface area contributed by atoms with Crippen molar-refractivity contribution in [2.24, 2.45) is 4.99 Å². The predicted molar refractivity (Wildman–Crippen MR) is 87.3 cm³/mol. The van der Waals surface area contributed by atoms with Crippen molar-refractivity contribution in [3.63, 3.8) is 0 Å². The first-order valence-electron chi connectivity index (χ1n) is 8.35. The maximum Gasteiger partial charge on any atom is 0.401 e. The third-order valence-electron chi connectivity index (χ3n) is 4.48. The molecule has 0 saturated carbocycles. The van der Waals surface area contributed by atoms with E-state index in [4.69, 9.17) is 4.74 Å². The van der Waals surface area contributed by atoms with E-state index in [-0.39, 0.29) is 25.5 Å². The van der Waals surface area contributed by atoms with Crippen LogP contribution in [0.5, 0.6) is 0 Å². The molecule has 3 rings (SSSR count). The van der Waals surface area contributed by atoms with Crippen molar-refractivity contribution in [1.82, 2.24) is 14.4 Å². The van der Waals surface area contributed by atoms with Gasteiger partial charge in [0.2, 0.25) is 11.9 Å². The summed E-state index contributed by atoms with van der Waals surface area (Å²) >= 11 is 0. The first kappa shape index (κ1) is 17.1. The molecule has 1 saturated heterocycles. The summed E-state index contributed by atoms with van der Waals surface area (Å²) in [7, 11) is 1.59. The predicted octanol–water partition coefficient (Wildman–Crippen LogP) is 0.536. The Kier molecular flexibility index (Phi) is 4.32. The van der Waals surface area contributed by atoms with Crippen LogP contribution in [-0.4, -0.2) is 58.3 Å². The lowest BCUT2D eigenvalue weighted by atomic mass is 10.1. The first-order valence-corrected chi connectivity index (χ1v) is 8.35. The van der Waals surface area contributed by atoms with E-state index in [9.17, 15) is 14.4 Å². The number of aliphatic imine (C=N–C) groups is 1. The van der Waals surface area contributed by atoms with Crippen molar-refractivity contribution in [3.05, 3.63) is 11.9 Å². The zero-order chi connectivity index (χ0) is 18.3. The molecule has 0 radical (unpaired) electrons. The molecule has 0 spiro atoms. The molecule has 9 nitrogen and oxygen atoms in total. The Bertz CT molecular complexity index is 782. The minimum atomic E-state index is -0.675. The summed E-state index contributed by atoms with van der Waals surface area (Å²) < 4.78 is 8.65. The number of esters is 1. The fourth-order valence-electron chi connectivity index (χ4n) is 3.26. The zero-order valence-electron chi connectivity index (χ0n) is 14.9. The summed E-state index contributed by atoms with van der Waals surface area (Å²) in [5.74, 6) is 0.265. The number of fused-ring (bicyclic) bond motifs is 3. The number of carbonyl (C=O) groups is 3. The quantitative estimate of drug-likeness (QED) is 0.574. The lowest BCUT2D eigenvalue weighted by Crippen LogP contribution is -2.62. The number of nitrogens with zero attached hydrogens (tertiary/aromatic N) is 5. The first-order chi connectivity index (χ1) is 11.9. The van der Waals surface area contributed by atoms with E-state index in [1.54, 1.807) is 18.5 Å². The molecule has 3 amide bonds. The minimum absolute atomic E-state index is 0.00597. The van der Waals surface area contributed by atoms with Crippen molar-refractivity contribution in [1.29, 1.82) is 0 Å². The highest BCUT2D eigenvalue weighted by Gasteiger charge is 2.52. The van der Waals surface area contributed by atoms with Crippen molar-refractivity contribution < 1.29 is 23.7 Å². The molecule has 1 fully saturated rings. The van der Waals surface area contributed by atoms with E-state index < -0.39 is 18.0 Å². The Morgan fingerprint density at radius 3 is 2.72 bits per heavy atom. The standard InChI is InChI=1S/C16H22N5O4/c1-5-19-10(3)9-21-12-13(17-15(19)21)18(4)16(24)20(14(12)23)8-7-11(22)25-6-2/h9,12H,5-8H2,1-4H3/q+1. The van der Waals surface area contributed by atoms with Crippen LogP contribution in [0.1, 0.15) is 32.0 Å². The smallest absolute Gasteiger partial charge is 0.401 e. The molecule has 0 aliphatic carbocycles. The summed E-state index contributed by atoms with van der Waals surface area (Å²) in [5.41, 5.74) is 0.991. The van der Waals surface area contributed by atoms with Gasteiger partial charge < -0.3 is 4.74 Å². The Labute approximate surface area is 145 Å². The molecule has 0 aromatic carbocycles. The van der Waals surface area contributed by atoms with E-state index >= 15 is 0 Å². The highest BCUT2D eigenvalue weighted by atomic mass is 16.5. The van der Waals surface area contributed by atoms with E-state index in [0.29, 0.717) is 11.8 Å². The van der Waals surface area contributed by atoms with Crippen molar-refractivity contribution in [3.8, 4) is 0 Å². The van der Waals surface area contributed by atoms with Gasteiger partial charge in [-0.15, -0.1) is 0 Å². The largest absolute Gasteiger partial charge is 0.466 e. The molecule has 2 aliphatic rings. The number of carbonyl (C=O) groups excluding carboxylic acids is 3. The molecular weight excluding hydrogens is 326 g/mol. The molecular formula is C16H22N5O4+. The van der Waals surface area contributed by atoms with Crippen molar-refractivity contribution in [2.75, 3.05) is 20.2 Å². The summed E-state index contributed by atoms with van der Waals surface area (Å²) in [5, 5.41) is 0. The number of amides is 3. The number of hydrogen-bond donors (Lipinski definition) is 0. The Morgan fingerprint density at radius 1 is 1.36 bits per heavy atom. The van der Waals surface area contributed by atoms with E-state index in [0.717, 1.165) is 17.1 Å². The lowest BCUT2D eigenvalue weighted by Gasteiger charge is -2.32. The van der Waals surface area contributed by atoms with Crippen molar-refractivity contribution >= 4 is 29.7 Å². The topological polar surface area (TPSA) is 88.1 Å². The third kappa shape index (κ3) is 2.59. The van der Waals surface area contributed by atoms with Crippen LogP contribution in [0.25, 0.3) is 0 Å². The monoisotopic (exact) mass is 348 g/mol. The zero-order valence-corrected chi connectivity index (χ0v) is 14.9. The molecule has 9 heteroatoms. The van der Waals surface area contributed by atoms with Gasteiger partial charge in [-0.3, -0.25) is 19.4 Å². The van der Waals surface area contributed by atoms with Gasteiger partial charge in [0, 0.05) is 13.6 Å². The average molecular weight is 348 g/mol. The van der Waals surface area contributed by atoms with Gasteiger partial charge in [-0.2, -0.15) is 0 Å². The number of imide groups is 1. The number of hydrogen-bond acceptors (Lipinski definition) is 5. The van der Waals surface area contributed by atoms with E-state index in [1.165, 1.54) is 4.90 Å². The molecule has 1 aromatic rings. The van der Waals surface area contributed by atoms with Gasteiger partial charge >= 0.3 is 17.9 Å². The summed E-state index contributed by atoms with van der Waals surface area (Å²) in [6.07, 6.45) is 1.84. The molecule has 1 atom stereocenters. The Balaban J connectivity index is 1.90. The van der Waals surface area contributed by atoms with Crippen LogP contribution in [0.15, 0.2) is 11.2 Å². The van der Waals surface area contributed by atoms with Crippen LogP contribution in [0.4, 0.5) is 10.7 Å². The van der Waals surface area contributed by atoms with Crippen molar-refractivity contribution in [2.45, 2.75) is 39.8 Å². The second-order valence-corrected chi connectivity index (χ2v) is 5.98. The van der Waals surface area contributed by atoms with Gasteiger partial charge in [-0.25, -0.2) is 13.9 Å². The second-order valence-electron chi connectivity index (χ2n) is 5.98. The molecule has 1 aromatic heterocycles. The van der Waals surface area contributed by atoms with Gasteiger partial charge in [-0.1, -0.05) is 4.99 Å². The second kappa shape index (κ2) is 6.30. The Hall–Kier alpha value is -2.71. The lowest BCUT2D eigenvalue weighted by molar-refractivity contribution is -0.677. The van der Waals surface area contributed by atoms with E-state index in [2.05, 4.69) is 4.99 Å². The van der Waals surface area contributed by atoms with Crippen LogP contribution < -0.4 is 4.57 Å². The number of rotatable bonds is 5. The minimum Gasteiger partial charge on any atom is -0.466 e. The summed E-state index contributed by atoms with van der Waals surface area (Å²) in [6.45, 7) is 6.64. The van der Waals surface area contributed by atoms with Crippen LogP contribution >= 0.6 is 0 Å². The number of aryl methyl sites for hydroxylation is 1. The Morgan fingerprint density at radius 2 is 2.08 bits per heavy atom. The third-order valence-corrected chi connectivity index (χ3v) is 4.48. The summed E-state index contributed by atoms with van der Waals surface area (Å²) in [4.78, 5) is 44.0. The fourth-order valence-corrected chi connectivity index (χ4v) is 3.26. The van der Waals surface area contributed by atoms with Crippen LogP contribution in [-0.2, 0) is 20.9 Å². The van der Waals surface area contributed by atoms with Gasteiger partial charge in [-0.05, 0) is 20.8 Å². The number of aromatic nitrogens is 2. The maximum absolute atomic E-state index is 12.9. The molecule has 0 N–H and O–H groups in total.